The first-order valence-corrected chi connectivity index (χ1v) is 9.93. The Morgan fingerprint density at radius 3 is 2.00 bits per heavy atom. The molecule has 2 N–H and O–H groups in total. The van der Waals surface area contributed by atoms with Gasteiger partial charge in [0.1, 0.15) is 11.5 Å². The van der Waals surface area contributed by atoms with Crippen molar-refractivity contribution in [2.45, 2.75) is 32.1 Å². The van der Waals surface area contributed by atoms with E-state index in [1.807, 2.05) is 18.2 Å². The summed E-state index contributed by atoms with van der Waals surface area (Å²) >= 11 is 12.9. The first kappa shape index (κ1) is 20.5. The topological polar surface area (TPSA) is 70.3 Å². The number of benzene rings is 2. The van der Waals surface area contributed by atoms with Crippen molar-refractivity contribution in [2.75, 3.05) is 20.0 Å². The second-order valence-electron chi connectivity index (χ2n) is 6.55. The fraction of sp³-hybridized carbons (Fsp3) is 0.333. The Morgan fingerprint density at radius 2 is 1.46 bits per heavy atom. The third-order valence-electron chi connectivity index (χ3n) is 4.71. The molecule has 148 valence electrons. The second-order valence-corrected chi connectivity index (χ2v) is 7.31. The van der Waals surface area contributed by atoms with Crippen LogP contribution >= 0.6 is 23.2 Å². The molecule has 0 atom stereocenters. The van der Waals surface area contributed by atoms with Gasteiger partial charge in [0.15, 0.2) is 0 Å². The molecular formula is C21H23Cl2N3O2. The summed E-state index contributed by atoms with van der Waals surface area (Å²) in [6, 6.07) is 7.24. The summed E-state index contributed by atoms with van der Waals surface area (Å²) < 4.78 is 10.6. The smallest absolute Gasteiger partial charge is 0.220 e. The largest absolute Gasteiger partial charge is 0.495 e. The van der Waals surface area contributed by atoms with Gasteiger partial charge in [-0.15, -0.1) is 0 Å². The van der Waals surface area contributed by atoms with Crippen LogP contribution in [0.25, 0.3) is 22.0 Å². The van der Waals surface area contributed by atoms with E-state index in [-0.39, 0.29) is 5.95 Å². The number of rotatable bonds is 3. The van der Waals surface area contributed by atoms with Crippen LogP contribution < -0.4 is 15.2 Å². The van der Waals surface area contributed by atoms with Crippen LogP contribution in [0.5, 0.6) is 11.5 Å². The summed E-state index contributed by atoms with van der Waals surface area (Å²) in [7, 11) is 3.07. The van der Waals surface area contributed by atoms with Crippen molar-refractivity contribution in [2.24, 2.45) is 0 Å². The zero-order chi connectivity index (χ0) is 20.1. The maximum Gasteiger partial charge on any atom is 0.220 e. The molecule has 1 fully saturated rings. The van der Waals surface area contributed by atoms with E-state index in [9.17, 15) is 0 Å². The maximum absolute atomic E-state index is 6.44. The number of aromatic nitrogens is 2. The third kappa shape index (κ3) is 4.42. The zero-order valence-electron chi connectivity index (χ0n) is 16.0. The van der Waals surface area contributed by atoms with Gasteiger partial charge in [0.25, 0.3) is 0 Å². The first-order chi connectivity index (χ1) is 13.5. The zero-order valence-corrected chi connectivity index (χ0v) is 17.5. The monoisotopic (exact) mass is 419 g/mol. The van der Waals surface area contributed by atoms with Gasteiger partial charge in [-0.25, -0.2) is 9.97 Å². The second kappa shape index (κ2) is 9.30. The molecule has 28 heavy (non-hydrogen) atoms. The third-order valence-corrected chi connectivity index (χ3v) is 5.46. The minimum absolute atomic E-state index is 0.226. The summed E-state index contributed by atoms with van der Waals surface area (Å²) in [5, 5.41) is 1.65. The van der Waals surface area contributed by atoms with Gasteiger partial charge in [-0.2, -0.15) is 0 Å². The highest BCUT2D eigenvalue weighted by molar-refractivity contribution is 6.41. The van der Waals surface area contributed by atoms with Gasteiger partial charge >= 0.3 is 0 Å². The van der Waals surface area contributed by atoms with Gasteiger partial charge in [-0.05, 0) is 17.7 Å². The molecule has 0 spiro atoms. The Labute approximate surface area is 174 Å². The Morgan fingerprint density at radius 1 is 0.893 bits per heavy atom. The molecular weight excluding hydrogens is 397 g/mol. The molecule has 0 bridgehead atoms. The fourth-order valence-electron chi connectivity index (χ4n) is 3.23. The SMILES string of the molecule is C1CCCC1.COc1cc(OC)c(Cl)c(-c2ccc3nc(N)ncc3c2)c1Cl. The quantitative estimate of drug-likeness (QED) is 0.550. The average molecular weight is 420 g/mol. The average Bonchev–Trinajstić information content (AvgIpc) is 3.28. The van der Waals surface area contributed by atoms with Gasteiger partial charge in [-0.3, -0.25) is 0 Å². The number of anilines is 1. The standard InChI is InChI=1S/C16H13Cl2N3O2.C5H10/c1-22-11-6-12(23-2)15(18)13(14(11)17)8-3-4-10-9(5-8)7-20-16(19)21-10;1-2-4-5-3-1/h3-7H,1-2H3,(H2,19,20,21);1-5H2. The summed E-state index contributed by atoms with van der Waals surface area (Å²) in [5.74, 6) is 1.19. The van der Waals surface area contributed by atoms with Crippen LogP contribution in [0.2, 0.25) is 10.0 Å². The van der Waals surface area contributed by atoms with Crippen molar-refractivity contribution in [1.82, 2.24) is 9.97 Å². The molecule has 3 aromatic rings. The number of fused-ring (bicyclic) bond motifs is 1. The highest BCUT2D eigenvalue weighted by atomic mass is 35.5. The molecule has 1 heterocycles. The molecule has 0 radical (unpaired) electrons. The molecule has 1 saturated carbocycles. The number of methoxy groups -OCH3 is 2. The lowest BCUT2D eigenvalue weighted by Crippen LogP contribution is -1.95. The molecule has 0 amide bonds. The van der Waals surface area contributed by atoms with Crippen LogP contribution in [0.15, 0.2) is 30.5 Å². The van der Waals surface area contributed by atoms with Crippen molar-refractivity contribution >= 4 is 40.1 Å². The lowest BCUT2D eigenvalue weighted by atomic mass is 10.0. The van der Waals surface area contributed by atoms with E-state index in [2.05, 4.69) is 9.97 Å². The van der Waals surface area contributed by atoms with Crippen LogP contribution in [0.4, 0.5) is 5.95 Å². The Hall–Kier alpha value is -2.24. The number of ether oxygens (including phenoxy) is 2. The summed E-state index contributed by atoms with van der Waals surface area (Å²) in [5.41, 5.74) is 7.77. The Bertz CT molecular complexity index is 940. The van der Waals surface area contributed by atoms with E-state index in [4.69, 9.17) is 38.4 Å². The molecule has 2 aromatic carbocycles. The Kier molecular flexibility index (Phi) is 6.81. The van der Waals surface area contributed by atoms with E-state index >= 15 is 0 Å². The van der Waals surface area contributed by atoms with Crippen LogP contribution in [-0.4, -0.2) is 24.2 Å². The molecule has 5 nitrogen and oxygen atoms in total. The lowest BCUT2D eigenvalue weighted by molar-refractivity contribution is 0.395. The Balaban J connectivity index is 0.000000391. The van der Waals surface area contributed by atoms with Crippen molar-refractivity contribution in [1.29, 1.82) is 0 Å². The summed E-state index contributed by atoms with van der Waals surface area (Å²) in [4.78, 5) is 8.18. The van der Waals surface area contributed by atoms with Gasteiger partial charge in [0.2, 0.25) is 5.95 Å². The molecule has 0 unspecified atom stereocenters. The van der Waals surface area contributed by atoms with E-state index in [0.717, 1.165) is 16.5 Å². The van der Waals surface area contributed by atoms with Gasteiger partial charge < -0.3 is 15.2 Å². The van der Waals surface area contributed by atoms with Crippen LogP contribution in [-0.2, 0) is 0 Å². The summed E-state index contributed by atoms with van der Waals surface area (Å²) in [6.45, 7) is 0. The van der Waals surface area contributed by atoms with Crippen molar-refractivity contribution in [3.05, 3.63) is 40.5 Å². The van der Waals surface area contributed by atoms with Gasteiger partial charge in [0.05, 0.1) is 29.8 Å². The van der Waals surface area contributed by atoms with Gasteiger partial charge in [0, 0.05) is 23.2 Å². The fourth-order valence-corrected chi connectivity index (χ4v) is 3.95. The molecule has 0 aliphatic heterocycles. The minimum Gasteiger partial charge on any atom is -0.495 e. The normalized spacial score (nSPS) is 13.1. The van der Waals surface area contributed by atoms with Gasteiger partial charge in [-0.1, -0.05) is 61.4 Å². The predicted octanol–water partition coefficient (Wildman–Crippen LogP) is 6.15. The lowest BCUT2D eigenvalue weighted by Gasteiger charge is -2.15. The number of hydrogen-bond donors (Lipinski definition) is 1. The van der Waals surface area contributed by atoms with E-state index in [1.54, 1.807) is 12.3 Å². The van der Waals surface area contributed by atoms with E-state index in [1.165, 1.54) is 46.3 Å². The van der Waals surface area contributed by atoms with Crippen molar-refractivity contribution in [3.63, 3.8) is 0 Å². The minimum atomic E-state index is 0.226. The highest BCUT2D eigenvalue weighted by Gasteiger charge is 2.19. The molecule has 1 aliphatic carbocycles. The van der Waals surface area contributed by atoms with E-state index < -0.39 is 0 Å². The molecule has 7 heteroatoms. The predicted molar refractivity (Wildman–Crippen MR) is 116 cm³/mol. The van der Waals surface area contributed by atoms with Crippen LogP contribution in [0, 0.1) is 0 Å². The van der Waals surface area contributed by atoms with Crippen molar-refractivity contribution < 1.29 is 9.47 Å². The number of halogens is 2. The van der Waals surface area contributed by atoms with Crippen LogP contribution in [0.1, 0.15) is 32.1 Å². The highest BCUT2D eigenvalue weighted by Crippen LogP contribution is 2.46. The first-order valence-electron chi connectivity index (χ1n) is 9.17. The van der Waals surface area contributed by atoms with Crippen molar-refractivity contribution in [3.8, 4) is 22.6 Å². The van der Waals surface area contributed by atoms with Crippen LogP contribution in [0.3, 0.4) is 0 Å². The number of nitrogen functional groups attached to an aromatic ring is 1. The number of nitrogens with zero attached hydrogens (tertiary/aromatic N) is 2. The molecule has 0 saturated heterocycles. The summed E-state index contributed by atoms with van der Waals surface area (Å²) in [6.07, 6.45) is 9.15. The molecule has 4 rings (SSSR count). The number of nitrogens with two attached hydrogens (primary N) is 1. The molecule has 1 aliphatic rings. The van der Waals surface area contributed by atoms with E-state index in [0.29, 0.717) is 27.1 Å². The maximum atomic E-state index is 6.44. The molecule has 1 aromatic heterocycles. The number of hydrogen-bond acceptors (Lipinski definition) is 5.